The first-order chi connectivity index (χ1) is 10.4. The van der Waals surface area contributed by atoms with Crippen LogP contribution in [0.1, 0.15) is 31.2 Å². The lowest BCUT2D eigenvalue weighted by Crippen LogP contribution is -2.38. The standard InChI is InChI=1S/C17H20ClFN2O/c1-12(14-10-21-11-15(19)16(14)18)4-3-7-17(20)8-5-13(22-2)6-9-17/h5-6,8,10-11H,1,3-4,7,9,20H2,2H3. The quantitative estimate of drug-likeness (QED) is 0.852. The van der Waals surface area contributed by atoms with Gasteiger partial charge in [-0.15, -0.1) is 0 Å². The number of aromatic nitrogens is 1. The van der Waals surface area contributed by atoms with Crippen LogP contribution in [-0.4, -0.2) is 17.6 Å². The molecule has 0 aliphatic heterocycles. The van der Waals surface area contributed by atoms with Gasteiger partial charge in [-0.2, -0.15) is 0 Å². The van der Waals surface area contributed by atoms with Crippen LogP contribution in [0, 0.1) is 5.82 Å². The van der Waals surface area contributed by atoms with E-state index in [1.807, 2.05) is 18.2 Å². The topological polar surface area (TPSA) is 48.1 Å². The summed E-state index contributed by atoms with van der Waals surface area (Å²) in [7, 11) is 1.64. The molecule has 3 nitrogen and oxygen atoms in total. The fourth-order valence-corrected chi connectivity index (χ4v) is 2.67. The zero-order chi connectivity index (χ0) is 16.2. The van der Waals surface area contributed by atoms with Crippen LogP contribution in [0.3, 0.4) is 0 Å². The van der Waals surface area contributed by atoms with Crippen molar-refractivity contribution in [3.05, 3.63) is 59.4 Å². The second kappa shape index (κ2) is 7.07. The molecule has 1 aromatic heterocycles. The number of ether oxygens (including phenoxy) is 1. The normalized spacial score (nSPS) is 20.6. The maximum atomic E-state index is 13.4. The summed E-state index contributed by atoms with van der Waals surface area (Å²) in [6, 6.07) is 0. The van der Waals surface area contributed by atoms with Crippen LogP contribution < -0.4 is 5.73 Å². The Labute approximate surface area is 135 Å². The maximum Gasteiger partial charge on any atom is 0.160 e. The lowest BCUT2D eigenvalue weighted by Gasteiger charge is -2.27. The highest BCUT2D eigenvalue weighted by Crippen LogP contribution is 2.30. The van der Waals surface area contributed by atoms with E-state index >= 15 is 0 Å². The summed E-state index contributed by atoms with van der Waals surface area (Å²) in [6.45, 7) is 3.98. The maximum absolute atomic E-state index is 13.4. The molecule has 2 N–H and O–H groups in total. The first kappa shape index (κ1) is 16.7. The third-order valence-electron chi connectivity index (χ3n) is 3.84. The molecule has 1 aromatic rings. The van der Waals surface area contributed by atoms with E-state index in [9.17, 15) is 4.39 Å². The van der Waals surface area contributed by atoms with Crippen molar-refractivity contribution in [3.63, 3.8) is 0 Å². The SMILES string of the molecule is C=C(CCCC1(N)C=CC(OC)=CC1)c1cncc(F)c1Cl. The minimum atomic E-state index is -0.525. The Morgan fingerprint density at radius 3 is 2.95 bits per heavy atom. The van der Waals surface area contributed by atoms with Crippen molar-refractivity contribution in [2.24, 2.45) is 5.73 Å². The smallest absolute Gasteiger partial charge is 0.160 e. The second-order valence-electron chi connectivity index (χ2n) is 5.52. The third-order valence-corrected chi connectivity index (χ3v) is 4.22. The Morgan fingerprint density at radius 1 is 1.55 bits per heavy atom. The molecule has 1 heterocycles. The number of methoxy groups -OCH3 is 1. The molecule has 1 aliphatic rings. The molecule has 118 valence electrons. The average molecular weight is 323 g/mol. The van der Waals surface area contributed by atoms with Crippen molar-refractivity contribution < 1.29 is 9.13 Å². The van der Waals surface area contributed by atoms with Gasteiger partial charge in [0.05, 0.1) is 18.3 Å². The van der Waals surface area contributed by atoms with Crippen LogP contribution in [0.15, 0.2) is 43.0 Å². The van der Waals surface area contributed by atoms with Gasteiger partial charge in [0.15, 0.2) is 5.82 Å². The molecule has 5 heteroatoms. The number of nitrogens with zero attached hydrogens (tertiary/aromatic N) is 1. The summed E-state index contributed by atoms with van der Waals surface area (Å²) in [5.41, 5.74) is 7.31. The number of hydrogen-bond acceptors (Lipinski definition) is 3. The molecule has 0 amide bonds. The van der Waals surface area contributed by atoms with Gasteiger partial charge in [-0.1, -0.05) is 24.3 Å². The summed E-state index contributed by atoms with van der Waals surface area (Å²) in [4.78, 5) is 3.82. The van der Waals surface area contributed by atoms with Gasteiger partial charge in [-0.05, 0) is 43.4 Å². The molecular formula is C17H20ClFN2O. The zero-order valence-electron chi connectivity index (χ0n) is 12.6. The van der Waals surface area contributed by atoms with Crippen LogP contribution in [-0.2, 0) is 4.74 Å². The van der Waals surface area contributed by atoms with Crippen molar-refractivity contribution in [3.8, 4) is 0 Å². The van der Waals surface area contributed by atoms with Crippen LogP contribution in [0.5, 0.6) is 0 Å². The van der Waals surface area contributed by atoms with Crippen molar-refractivity contribution in [2.75, 3.05) is 7.11 Å². The van der Waals surface area contributed by atoms with Gasteiger partial charge in [0, 0.05) is 17.3 Å². The highest BCUT2D eigenvalue weighted by molar-refractivity contribution is 6.32. The number of nitrogens with two attached hydrogens (primary N) is 1. The average Bonchev–Trinajstić information content (AvgIpc) is 2.50. The van der Waals surface area contributed by atoms with Gasteiger partial charge in [0.25, 0.3) is 0 Å². The Hall–Kier alpha value is -1.65. The molecule has 0 saturated heterocycles. The van der Waals surface area contributed by atoms with E-state index in [1.165, 1.54) is 0 Å². The Kier molecular flexibility index (Phi) is 5.37. The van der Waals surface area contributed by atoms with Crippen LogP contribution in [0.25, 0.3) is 5.57 Å². The summed E-state index contributed by atoms with van der Waals surface area (Å²) in [6.07, 6.45) is 11.6. The van der Waals surface area contributed by atoms with Gasteiger partial charge >= 0.3 is 0 Å². The molecule has 0 saturated carbocycles. The predicted octanol–water partition coefficient (Wildman–Crippen LogP) is 4.25. The Morgan fingerprint density at radius 2 is 2.32 bits per heavy atom. The monoisotopic (exact) mass is 322 g/mol. The Balaban J connectivity index is 1.89. The van der Waals surface area contributed by atoms with Gasteiger partial charge in [-0.3, -0.25) is 4.98 Å². The summed E-state index contributed by atoms with van der Waals surface area (Å²) < 4.78 is 18.6. The summed E-state index contributed by atoms with van der Waals surface area (Å²) in [5.74, 6) is 0.311. The molecular weight excluding hydrogens is 303 g/mol. The number of halogens is 2. The van der Waals surface area contributed by atoms with E-state index in [1.54, 1.807) is 13.3 Å². The van der Waals surface area contributed by atoms with Crippen molar-refractivity contribution >= 4 is 17.2 Å². The van der Waals surface area contributed by atoms with Crippen molar-refractivity contribution in [1.29, 1.82) is 0 Å². The Bertz CT molecular complexity index is 627. The minimum Gasteiger partial charge on any atom is -0.497 e. The van der Waals surface area contributed by atoms with E-state index in [0.717, 1.165) is 36.8 Å². The van der Waals surface area contributed by atoms with Gasteiger partial charge < -0.3 is 10.5 Å². The first-order valence-electron chi connectivity index (χ1n) is 7.14. The second-order valence-corrected chi connectivity index (χ2v) is 5.90. The minimum absolute atomic E-state index is 0.0766. The van der Waals surface area contributed by atoms with Gasteiger partial charge in [0.2, 0.25) is 0 Å². The highest BCUT2D eigenvalue weighted by Gasteiger charge is 2.23. The highest BCUT2D eigenvalue weighted by atomic mass is 35.5. The van der Waals surface area contributed by atoms with Gasteiger partial charge in [0.1, 0.15) is 5.76 Å². The van der Waals surface area contributed by atoms with Crippen LogP contribution in [0.4, 0.5) is 4.39 Å². The lowest BCUT2D eigenvalue weighted by atomic mass is 9.86. The zero-order valence-corrected chi connectivity index (χ0v) is 13.4. The fourth-order valence-electron chi connectivity index (χ4n) is 2.44. The molecule has 0 radical (unpaired) electrons. The van der Waals surface area contributed by atoms with Crippen LogP contribution >= 0.6 is 11.6 Å². The molecule has 22 heavy (non-hydrogen) atoms. The van der Waals surface area contributed by atoms with E-state index in [4.69, 9.17) is 22.1 Å². The molecule has 0 bridgehead atoms. The van der Waals surface area contributed by atoms with E-state index in [0.29, 0.717) is 12.0 Å². The fraction of sp³-hybridized carbons (Fsp3) is 0.353. The third kappa shape index (κ3) is 3.96. The molecule has 1 unspecified atom stereocenters. The lowest BCUT2D eigenvalue weighted by molar-refractivity contribution is 0.298. The molecule has 0 fully saturated rings. The van der Waals surface area contributed by atoms with Crippen LogP contribution in [0.2, 0.25) is 5.02 Å². The van der Waals surface area contributed by atoms with E-state index in [2.05, 4.69) is 11.6 Å². The first-order valence-corrected chi connectivity index (χ1v) is 7.52. The number of hydrogen-bond donors (Lipinski definition) is 1. The molecule has 1 atom stereocenters. The number of allylic oxidation sites excluding steroid dienone is 2. The number of pyridine rings is 1. The molecule has 0 aromatic carbocycles. The van der Waals surface area contributed by atoms with Crippen molar-refractivity contribution in [1.82, 2.24) is 4.98 Å². The molecule has 1 aliphatic carbocycles. The summed E-state index contributed by atoms with van der Waals surface area (Å²) >= 11 is 5.94. The van der Waals surface area contributed by atoms with Gasteiger partial charge in [-0.25, -0.2) is 4.39 Å². The largest absolute Gasteiger partial charge is 0.497 e. The van der Waals surface area contributed by atoms with E-state index in [-0.39, 0.29) is 10.6 Å². The number of rotatable bonds is 6. The molecule has 0 spiro atoms. The molecule has 2 rings (SSSR count). The predicted molar refractivity (Wildman–Crippen MR) is 87.9 cm³/mol. The van der Waals surface area contributed by atoms with Crippen molar-refractivity contribution in [2.45, 2.75) is 31.2 Å². The summed E-state index contributed by atoms with van der Waals surface area (Å²) in [5, 5.41) is 0.0766. The van der Waals surface area contributed by atoms with E-state index < -0.39 is 5.82 Å².